The Labute approximate surface area is 183 Å². The lowest BCUT2D eigenvalue weighted by Crippen LogP contribution is -2.24. The molecular weight excluding hydrogens is 398 g/mol. The zero-order valence-corrected chi connectivity index (χ0v) is 18.5. The molecule has 0 aliphatic heterocycles. The topological polar surface area (TPSA) is 56.2 Å². The number of hydrogen-bond acceptors (Lipinski definition) is 3. The maximum absolute atomic E-state index is 11.6. The molecule has 6 heteroatoms. The molecule has 0 saturated carbocycles. The van der Waals surface area contributed by atoms with Crippen molar-refractivity contribution in [2.45, 2.75) is 52.5 Å². The largest absolute Gasteiger partial charge is 0.494 e. The molecule has 160 valence electrons. The van der Waals surface area contributed by atoms with E-state index in [-0.39, 0.29) is 5.91 Å². The summed E-state index contributed by atoms with van der Waals surface area (Å²) in [7, 11) is 0. The van der Waals surface area contributed by atoms with Gasteiger partial charge in [-0.2, -0.15) is 0 Å². The van der Waals surface area contributed by atoms with Gasteiger partial charge in [-0.1, -0.05) is 30.7 Å². The Hall–Kier alpha value is -2.53. The SMILES string of the molecule is CCCC(=O)NCCCc1nc2ccccc2n1CCCOc1ccc(Cl)c(C)c1. The number of halogens is 1. The van der Waals surface area contributed by atoms with Crippen molar-refractivity contribution in [3.8, 4) is 5.75 Å². The number of benzene rings is 2. The van der Waals surface area contributed by atoms with Crippen molar-refractivity contribution in [3.05, 3.63) is 58.9 Å². The normalized spacial score (nSPS) is 11.0. The third kappa shape index (κ3) is 5.99. The number of para-hydroxylation sites is 2. The lowest BCUT2D eigenvalue weighted by molar-refractivity contribution is -0.121. The molecule has 0 unspecified atom stereocenters. The summed E-state index contributed by atoms with van der Waals surface area (Å²) >= 11 is 6.08. The maximum Gasteiger partial charge on any atom is 0.219 e. The smallest absolute Gasteiger partial charge is 0.219 e. The highest BCUT2D eigenvalue weighted by Crippen LogP contribution is 2.22. The Morgan fingerprint density at radius 3 is 2.83 bits per heavy atom. The number of amides is 1. The molecule has 1 heterocycles. The van der Waals surface area contributed by atoms with Crippen molar-refractivity contribution in [2.24, 2.45) is 0 Å². The number of nitrogens with one attached hydrogen (secondary N) is 1. The van der Waals surface area contributed by atoms with Crippen LogP contribution in [-0.4, -0.2) is 28.6 Å². The molecule has 2 aromatic carbocycles. The van der Waals surface area contributed by atoms with Gasteiger partial charge in [-0.25, -0.2) is 4.98 Å². The summed E-state index contributed by atoms with van der Waals surface area (Å²) in [6, 6.07) is 14.0. The van der Waals surface area contributed by atoms with Crippen LogP contribution in [0.2, 0.25) is 5.02 Å². The number of nitrogens with zero attached hydrogens (tertiary/aromatic N) is 2. The second-order valence-corrected chi connectivity index (χ2v) is 7.89. The number of fused-ring (bicyclic) bond motifs is 1. The fourth-order valence-corrected chi connectivity index (χ4v) is 3.59. The van der Waals surface area contributed by atoms with Crippen LogP contribution >= 0.6 is 11.6 Å². The minimum atomic E-state index is 0.126. The summed E-state index contributed by atoms with van der Waals surface area (Å²) in [6.07, 6.45) is 4.05. The number of ether oxygens (including phenoxy) is 1. The van der Waals surface area contributed by atoms with E-state index >= 15 is 0 Å². The number of rotatable bonds is 11. The molecule has 1 amide bonds. The molecule has 0 aliphatic carbocycles. The van der Waals surface area contributed by atoms with Gasteiger partial charge in [0.2, 0.25) is 5.91 Å². The minimum absolute atomic E-state index is 0.126. The minimum Gasteiger partial charge on any atom is -0.494 e. The Morgan fingerprint density at radius 1 is 1.20 bits per heavy atom. The summed E-state index contributed by atoms with van der Waals surface area (Å²) in [5.41, 5.74) is 3.17. The molecule has 0 fully saturated rings. The first-order valence-corrected chi connectivity index (χ1v) is 11.1. The number of imidazole rings is 1. The fourth-order valence-electron chi connectivity index (χ4n) is 3.48. The first kappa shape index (κ1) is 22.2. The first-order chi connectivity index (χ1) is 14.6. The van der Waals surface area contributed by atoms with E-state index in [1.165, 1.54) is 0 Å². The molecule has 0 aliphatic rings. The molecule has 3 aromatic rings. The predicted octanol–water partition coefficient (Wildman–Crippen LogP) is 5.32. The lowest BCUT2D eigenvalue weighted by atomic mass is 10.2. The molecule has 0 atom stereocenters. The highest BCUT2D eigenvalue weighted by atomic mass is 35.5. The van der Waals surface area contributed by atoms with Crippen molar-refractivity contribution in [1.29, 1.82) is 0 Å². The van der Waals surface area contributed by atoms with Crippen molar-refractivity contribution in [2.75, 3.05) is 13.2 Å². The summed E-state index contributed by atoms with van der Waals surface area (Å²) < 4.78 is 8.18. The van der Waals surface area contributed by atoms with E-state index in [4.69, 9.17) is 21.3 Å². The quantitative estimate of drug-likeness (QED) is 0.421. The Kier molecular flexibility index (Phi) is 8.14. The molecule has 0 radical (unpaired) electrons. The van der Waals surface area contributed by atoms with Gasteiger partial charge in [-0.05, 0) is 62.1 Å². The second-order valence-electron chi connectivity index (χ2n) is 7.48. The van der Waals surface area contributed by atoms with Crippen molar-refractivity contribution < 1.29 is 9.53 Å². The summed E-state index contributed by atoms with van der Waals surface area (Å²) in [5.74, 6) is 2.03. The molecule has 30 heavy (non-hydrogen) atoms. The molecule has 0 spiro atoms. The lowest BCUT2D eigenvalue weighted by Gasteiger charge is -2.11. The van der Waals surface area contributed by atoms with Crippen LogP contribution in [-0.2, 0) is 17.8 Å². The van der Waals surface area contributed by atoms with E-state index in [0.29, 0.717) is 19.6 Å². The Bertz CT molecular complexity index is 984. The van der Waals surface area contributed by atoms with E-state index in [2.05, 4.69) is 16.0 Å². The van der Waals surface area contributed by atoms with E-state index < -0.39 is 0 Å². The number of carbonyl (C=O) groups excluding carboxylic acids is 1. The molecule has 0 saturated heterocycles. The Morgan fingerprint density at radius 2 is 2.03 bits per heavy atom. The number of hydrogen-bond donors (Lipinski definition) is 1. The van der Waals surface area contributed by atoms with Gasteiger partial charge in [0.25, 0.3) is 0 Å². The van der Waals surface area contributed by atoms with Crippen LogP contribution in [0.3, 0.4) is 0 Å². The van der Waals surface area contributed by atoms with Crippen LogP contribution in [0.4, 0.5) is 0 Å². The van der Waals surface area contributed by atoms with Crippen molar-refractivity contribution in [3.63, 3.8) is 0 Å². The van der Waals surface area contributed by atoms with E-state index in [1.807, 2.05) is 50.2 Å². The average Bonchev–Trinajstić information content (AvgIpc) is 3.09. The van der Waals surface area contributed by atoms with Crippen LogP contribution in [0.25, 0.3) is 11.0 Å². The van der Waals surface area contributed by atoms with Crippen LogP contribution in [0, 0.1) is 6.92 Å². The van der Waals surface area contributed by atoms with Gasteiger partial charge >= 0.3 is 0 Å². The van der Waals surface area contributed by atoms with Gasteiger partial charge < -0.3 is 14.6 Å². The number of aryl methyl sites for hydroxylation is 3. The highest BCUT2D eigenvalue weighted by molar-refractivity contribution is 6.31. The van der Waals surface area contributed by atoms with Gasteiger partial charge in [0.15, 0.2) is 0 Å². The second kappa shape index (κ2) is 11.0. The van der Waals surface area contributed by atoms with Gasteiger partial charge in [0.05, 0.1) is 17.6 Å². The zero-order chi connectivity index (χ0) is 21.3. The molecule has 1 aromatic heterocycles. The molecule has 3 rings (SSSR count). The third-order valence-electron chi connectivity index (χ3n) is 5.03. The number of aromatic nitrogens is 2. The van der Waals surface area contributed by atoms with Crippen molar-refractivity contribution in [1.82, 2.24) is 14.9 Å². The summed E-state index contributed by atoms with van der Waals surface area (Å²) in [5, 5.41) is 3.73. The van der Waals surface area contributed by atoms with Crippen molar-refractivity contribution >= 4 is 28.5 Å². The van der Waals surface area contributed by atoms with Gasteiger partial charge in [0, 0.05) is 31.0 Å². The molecule has 1 N–H and O–H groups in total. The average molecular weight is 428 g/mol. The highest BCUT2D eigenvalue weighted by Gasteiger charge is 2.10. The molecule has 0 bridgehead atoms. The van der Waals surface area contributed by atoms with Crippen LogP contribution in [0.5, 0.6) is 5.75 Å². The standard InChI is InChI=1S/C24H30ClN3O2/c1-3-8-24(29)26-14-6-11-23-27-21-9-4-5-10-22(21)28(23)15-7-16-30-19-12-13-20(25)18(2)17-19/h4-5,9-10,12-13,17H,3,6-8,11,14-16H2,1-2H3,(H,26,29). The van der Waals surface area contributed by atoms with Crippen LogP contribution in [0.1, 0.15) is 44.0 Å². The van der Waals surface area contributed by atoms with Gasteiger partial charge in [-0.15, -0.1) is 0 Å². The van der Waals surface area contributed by atoms with Gasteiger partial charge in [-0.3, -0.25) is 4.79 Å². The van der Waals surface area contributed by atoms with E-state index in [1.54, 1.807) is 0 Å². The third-order valence-corrected chi connectivity index (χ3v) is 5.46. The number of carbonyl (C=O) groups is 1. The van der Waals surface area contributed by atoms with Gasteiger partial charge in [0.1, 0.15) is 11.6 Å². The zero-order valence-electron chi connectivity index (χ0n) is 17.8. The Balaban J connectivity index is 1.57. The van der Waals surface area contributed by atoms with E-state index in [0.717, 1.165) is 65.4 Å². The molecular formula is C24H30ClN3O2. The predicted molar refractivity (Wildman–Crippen MR) is 122 cm³/mol. The van der Waals surface area contributed by atoms with E-state index in [9.17, 15) is 4.79 Å². The fraction of sp³-hybridized carbons (Fsp3) is 0.417. The summed E-state index contributed by atoms with van der Waals surface area (Å²) in [6.45, 7) is 6.13. The summed E-state index contributed by atoms with van der Waals surface area (Å²) in [4.78, 5) is 16.5. The first-order valence-electron chi connectivity index (χ1n) is 10.7. The monoisotopic (exact) mass is 427 g/mol. The maximum atomic E-state index is 11.6. The van der Waals surface area contributed by atoms with Crippen LogP contribution in [0.15, 0.2) is 42.5 Å². The van der Waals surface area contributed by atoms with Crippen LogP contribution < -0.4 is 10.1 Å². The molecule has 5 nitrogen and oxygen atoms in total.